The van der Waals surface area contributed by atoms with Gasteiger partial charge in [-0.1, -0.05) is 0 Å². The van der Waals surface area contributed by atoms with E-state index in [1.54, 1.807) is 0 Å². The lowest BCUT2D eigenvalue weighted by atomic mass is 10.4. The van der Waals surface area contributed by atoms with Crippen LogP contribution < -0.4 is 5.32 Å². The van der Waals surface area contributed by atoms with E-state index in [2.05, 4.69) is 10.4 Å². The van der Waals surface area contributed by atoms with E-state index in [-0.39, 0.29) is 30.4 Å². The number of carboxylic acid groups (broad SMARTS) is 1. The molecule has 0 spiro atoms. The van der Waals surface area contributed by atoms with E-state index in [0.29, 0.717) is 0 Å². The fraction of sp³-hybridized carbons (Fsp3) is 0.182. The van der Waals surface area contributed by atoms with Crippen LogP contribution in [0.25, 0.3) is 0 Å². The summed E-state index contributed by atoms with van der Waals surface area (Å²) in [6, 6.07) is 3.89. The third kappa shape index (κ3) is 3.65. The molecule has 0 aliphatic rings. The summed E-state index contributed by atoms with van der Waals surface area (Å²) in [6.07, 6.45) is 1.31. The Morgan fingerprint density at radius 2 is 2.19 bits per heavy atom. The Balaban J connectivity index is 1.86. The predicted octanol–water partition coefficient (Wildman–Crippen LogP) is 0.399. The van der Waals surface area contributed by atoms with Gasteiger partial charge in [0, 0.05) is 0 Å². The number of aromatic carboxylic acids is 1. The number of nitro groups is 1. The van der Waals surface area contributed by atoms with Crippen LogP contribution in [0.15, 0.2) is 28.8 Å². The van der Waals surface area contributed by atoms with Crippen LogP contribution in [0, 0.1) is 10.1 Å². The maximum atomic E-state index is 11.6. The zero-order chi connectivity index (χ0) is 15.4. The van der Waals surface area contributed by atoms with Gasteiger partial charge in [-0.25, -0.2) is 4.79 Å². The van der Waals surface area contributed by atoms with E-state index in [4.69, 9.17) is 9.52 Å². The summed E-state index contributed by atoms with van der Waals surface area (Å²) in [5.41, 5.74) is 0. The molecule has 2 rings (SSSR count). The summed E-state index contributed by atoms with van der Waals surface area (Å²) in [5.74, 6) is -1.92. The van der Waals surface area contributed by atoms with Crippen LogP contribution in [0.4, 0.5) is 5.82 Å². The zero-order valence-electron chi connectivity index (χ0n) is 10.6. The van der Waals surface area contributed by atoms with Gasteiger partial charge in [-0.15, -0.1) is 0 Å². The van der Waals surface area contributed by atoms with Crippen molar-refractivity contribution in [3.05, 3.63) is 46.0 Å². The Hall–Kier alpha value is -3.17. The number of aromatic nitrogens is 2. The summed E-state index contributed by atoms with van der Waals surface area (Å²) >= 11 is 0. The van der Waals surface area contributed by atoms with E-state index >= 15 is 0 Å². The van der Waals surface area contributed by atoms with E-state index < -0.39 is 16.8 Å². The van der Waals surface area contributed by atoms with Crippen molar-refractivity contribution in [2.75, 3.05) is 0 Å². The van der Waals surface area contributed by atoms with Crippen molar-refractivity contribution in [3.63, 3.8) is 0 Å². The molecule has 2 N–H and O–H groups in total. The second-order valence-corrected chi connectivity index (χ2v) is 3.98. The monoisotopic (exact) mass is 294 g/mol. The van der Waals surface area contributed by atoms with Crippen LogP contribution in [0.1, 0.15) is 16.3 Å². The molecule has 2 aromatic heterocycles. The molecule has 0 radical (unpaired) electrons. The largest absolute Gasteiger partial charge is 0.475 e. The first-order valence-corrected chi connectivity index (χ1v) is 5.72. The second-order valence-electron chi connectivity index (χ2n) is 3.98. The molecule has 2 heterocycles. The average molecular weight is 294 g/mol. The number of hydrogen-bond acceptors (Lipinski definition) is 6. The SMILES string of the molecule is O=C(Cn1ccc([N+](=O)[O-])n1)NCc1ccc(C(=O)O)o1. The lowest BCUT2D eigenvalue weighted by Crippen LogP contribution is -2.27. The number of carboxylic acids is 1. The molecule has 0 aliphatic heterocycles. The molecule has 0 saturated heterocycles. The Labute approximate surface area is 117 Å². The summed E-state index contributed by atoms with van der Waals surface area (Å²) in [6.45, 7) is -0.185. The maximum Gasteiger partial charge on any atom is 0.389 e. The molecule has 2 aromatic rings. The Morgan fingerprint density at radius 3 is 2.76 bits per heavy atom. The van der Waals surface area contributed by atoms with Gasteiger partial charge in [-0.3, -0.25) is 4.79 Å². The maximum absolute atomic E-state index is 11.6. The average Bonchev–Trinajstić information content (AvgIpc) is 3.05. The van der Waals surface area contributed by atoms with E-state index in [9.17, 15) is 19.7 Å². The fourth-order valence-electron chi connectivity index (χ4n) is 1.51. The molecule has 0 aliphatic carbocycles. The molecule has 1 amide bonds. The predicted molar refractivity (Wildman–Crippen MR) is 66.4 cm³/mol. The molecule has 0 fully saturated rings. The highest BCUT2D eigenvalue weighted by molar-refractivity contribution is 5.84. The van der Waals surface area contributed by atoms with Crippen LogP contribution in [0.3, 0.4) is 0 Å². The van der Waals surface area contributed by atoms with Gasteiger partial charge in [-0.05, 0) is 17.1 Å². The highest BCUT2D eigenvalue weighted by Gasteiger charge is 2.14. The normalized spacial score (nSPS) is 10.3. The number of nitrogens with zero attached hydrogens (tertiary/aromatic N) is 3. The van der Waals surface area contributed by atoms with Crippen LogP contribution in [0.5, 0.6) is 0 Å². The van der Waals surface area contributed by atoms with Crippen molar-refractivity contribution in [3.8, 4) is 0 Å². The standard InChI is InChI=1S/C11H10N4O6/c16-10(6-14-4-3-9(13-14)15(19)20)12-5-7-1-2-8(21-7)11(17)18/h1-4H,5-6H2,(H,12,16)(H,17,18). The molecular formula is C11H10N4O6. The van der Waals surface area contributed by atoms with Gasteiger partial charge in [0.05, 0.1) is 23.9 Å². The molecule has 10 nitrogen and oxygen atoms in total. The topological polar surface area (TPSA) is 140 Å². The van der Waals surface area contributed by atoms with Crippen LogP contribution >= 0.6 is 0 Å². The summed E-state index contributed by atoms with van der Waals surface area (Å²) in [4.78, 5) is 32.0. The smallest absolute Gasteiger partial charge is 0.389 e. The van der Waals surface area contributed by atoms with Crippen molar-refractivity contribution in [1.82, 2.24) is 15.1 Å². The first-order valence-electron chi connectivity index (χ1n) is 5.72. The summed E-state index contributed by atoms with van der Waals surface area (Å²) in [5, 5.41) is 25.2. The molecule has 0 bridgehead atoms. The van der Waals surface area contributed by atoms with Crippen molar-refractivity contribution in [2.24, 2.45) is 0 Å². The molecule has 0 unspecified atom stereocenters. The minimum atomic E-state index is -1.20. The summed E-state index contributed by atoms with van der Waals surface area (Å²) < 4.78 is 6.08. The zero-order valence-corrected chi connectivity index (χ0v) is 10.6. The number of furan rings is 1. The van der Waals surface area contributed by atoms with Crippen LogP contribution in [-0.4, -0.2) is 31.7 Å². The molecule has 10 heteroatoms. The number of carbonyl (C=O) groups is 2. The molecule has 0 saturated carbocycles. The lowest BCUT2D eigenvalue weighted by Gasteiger charge is -2.01. The van der Waals surface area contributed by atoms with E-state index in [1.807, 2.05) is 0 Å². The Morgan fingerprint density at radius 1 is 1.43 bits per heavy atom. The van der Waals surface area contributed by atoms with E-state index in [1.165, 1.54) is 24.4 Å². The van der Waals surface area contributed by atoms with Crippen molar-refractivity contribution in [1.29, 1.82) is 0 Å². The molecular weight excluding hydrogens is 284 g/mol. The second kappa shape index (κ2) is 5.86. The van der Waals surface area contributed by atoms with Gasteiger partial charge in [0.2, 0.25) is 11.7 Å². The highest BCUT2D eigenvalue weighted by Crippen LogP contribution is 2.08. The molecule has 0 aromatic carbocycles. The highest BCUT2D eigenvalue weighted by atomic mass is 16.6. The number of amides is 1. The third-order valence-electron chi connectivity index (χ3n) is 2.45. The quantitative estimate of drug-likeness (QED) is 0.580. The van der Waals surface area contributed by atoms with Crippen LogP contribution in [0.2, 0.25) is 0 Å². The first kappa shape index (κ1) is 14.2. The minimum absolute atomic E-state index is 0.00940. The number of nitrogens with one attached hydrogen (secondary N) is 1. The van der Waals surface area contributed by atoms with Gasteiger partial charge in [0.15, 0.2) is 0 Å². The third-order valence-corrected chi connectivity index (χ3v) is 2.45. The van der Waals surface area contributed by atoms with Crippen molar-refractivity contribution >= 4 is 17.7 Å². The van der Waals surface area contributed by atoms with Gasteiger partial charge in [-0.2, -0.15) is 4.68 Å². The van der Waals surface area contributed by atoms with Gasteiger partial charge >= 0.3 is 11.8 Å². The van der Waals surface area contributed by atoms with Gasteiger partial charge < -0.3 is 25.0 Å². The van der Waals surface area contributed by atoms with Crippen molar-refractivity contribution < 1.29 is 24.0 Å². The lowest BCUT2D eigenvalue weighted by molar-refractivity contribution is -0.389. The number of carbonyl (C=O) groups excluding carboxylic acids is 1. The van der Waals surface area contributed by atoms with Crippen molar-refractivity contribution in [2.45, 2.75) is 13.1 Å². The number of hydrogen-bond donors (Lipinski definition) is 2. The van der Waals surface area contributed by atoms with Gasteiger partial charge in [0.1, 0.15) is 12.3 Å². The van der Waals surface area contributed by atoms with Gasteiger partial charge in [0.25, 0.3) is 0 Å². The molecule has 0 atom stereocenters. The fourth-order valence-corrected chi connectivity index (χ4v) is 1.51. The first-order chi connectivity index (χ1) is 9.95. The Kier molecular flexibility index (Phi) is 3.97. The number of rotatable bonds is 6. The molecule has 21 heavy (non-hydrogen) atoms. The van der Waals surface area contributed by atoms with Crippen LogP contribution in [-0.2, 0) is 17.9 Å². The van der Waals surface area contributed by atoms with E-state index in [0.717, 1.165) is 4.68 Å². The minimum Gasteiger partial charge on any atom is -0.475 e. The molecule has 110 valence electrons. The summed E-state index contributed by atoms with van der Waals surface area (Å²) in [7, 11) is 0. The Bertz CT molecular complexity index is 688.